The van der Waals surface area contributed by atoms with Gasteiger partial charge in [0.05, 0.1) is 16.2 Å². The molecule has 0 atom stereocenters. The van der Waals surface area contributed by atoms with Gasteiger partial charge in [0, 0.05) is 32.9 Å². The molecule has 4 rings (SSSR count). The molecule has 0 bridgehead atoms. The number of nitrogens with one attached hydrogen (secondary N) is 3. The molecule has 4 aromatic rings. The summed E-state index contributed by atoms with van der Waals surface area (Å²) in [7, 11) is 0. The first kappa shape index (κ1) is 30.0. The van der Waals surface area contributed by atoms with Crippen molar-refractivity contribution >= 4 is 64.2 Å². The van der Waals surface area contributed by atoms with Crippen molar-refractivity contribution in [3.8, 4) is 0 Å². The Hall–Kier alpha value is -4.93. The maximum Gasteiger partial charge on any atom is 0.276 e. The molecule has 0 aromatic heterocycles. The molecule has 0 aliphatic carbocycles. The van der Waals surface area contributed by atoms with Crippen LogP contribution in [0.2, 0.25) is 5.02 Å². The van der Waals surface area contributed by atoms with E-state index in [0.717, 1.165) is 10.5 Å². The number of nitrogens with zero attached hydrogens (tertiary/aromatic N) is 1. The summed E-state index contributed by atoms with van der Waals surface area (Å²) < 4.78 is 0. The summed E-state index contributed by atoms with van der Waals surface area (Å²) in [6.45, 7) is 1.83. The summed E-state index contributed by atoms with van der Waals surface area (Å²) in [5.74, 6) is -1.25. The number of carbonyl (C=O) groups is 3. The topological polar surface area (TPSA) is 130 Å². The predicted molar refractivity (Wildman–Crippen MR) is 166 cm³/mol. The molecule has 0 aliphatic heterocycles. The van der Waals surface area contributed by atoms with Crippen LogP contribution < -0.4 is 16.0 Å². The lowest BCUT2D eigenvalue weighted by Crippen LogP contribution is -2.30. The fraction of sp³-hybridized carbons (Fsp3) is 0.0645. The standard InChI is InChI=1S/C31H25ClN4O5S/c1-20-25(32)11-7-12-26(20)34-29(37)19-42-24-16-14-23(15-17-24)33-31(39)27(35-30(38)21-8-3-2-4-9-21)18-22-10-5-6-13-28(22)36(40)41/h2-18H,19H2,1H3,(H,33,39)(H,34,37)(H,35,38)/b27-18-. The van der Waals surface area contributed by atoms with Gasteiger partial charge in [-0.3, -0.25) is 24.5 Å². The number of carbonyl (C=O) groups excluding carboxylic acids is 3. The zero-order valence-electron chi connectivity index (χ0n) is 22.3. The van der Waals surface area contributed by atoms with Crippen molar-refractivity contribution in [2.24, 2.45) is 0 Å². The molecule has 0 heterocycles. The smallest absolute Gasteiger partial charge is 0.276 e. The number of para-hydroxylation sites is 1. The van der Waals surface area contributed by atoms with Crippen LogP contribution in [0.3, 0.4) is 0 Å². The van der Waals surface area contributed by atoms with Gasteiger partial charge < -0.3 is 16.0 Å². The molecule has 9 nitrogen and oxygen atoms in total. The first-order valence-electron chi connectivity index (χ1n) is 12.6. The Kier molecular flexibility index (Phi) is 10.1. The minimum Gasteiger partial charge on any atom is -0.325 e. The van der Waals surface area contributed by atoms with E-state index in [0.29, 0.717) is 22.0 Å². The van der Waals surface area contributed by atoms with Crippen molar-refractivity contribution in [3.05, 3.63) is 135 Å². The Labute approximate surface area is 251 Å². The van der Waals surface area contributed by atoms with E-state index < -0.39 is 16.7 Å². The molecule has 4 aromatic carbocycles. The third kappa shape index (κ3) is 8.06. The lowest BCUT2D eigenvalue weighted by molar-refractivity contribution is -0.385. The lowest BCUT2D eigenvalue weighted by Gasteiger charge is -2.12. The second-order valence-electron chi connectivity index (χ2n) is 8.92. The number of rotatable bonds is 10. The van der Waals surface area contributed by atoms with Crippen LogP contribution in [0.5, 0.6) is 0 Å². The van der Waals surface area contributed by atoms with Crippen molar-refractivity contribution in [1.82, 2.24) is 5.32 Å². The van der Waals surface area contributed by atoms with E-state index in [1.54, 1.807) is 78.9 Å². The van der Waals surface area contributed by atoms with Gasteiger partial charge in [-0.05, 0) is 73.2 Å². The van der Waals surface area contributed by atoms with E-state index in [1.807, 2.05) is 6.92 Å². The quantitative estimate of drug-likeness (QED) is 0.0804. The first-order valence-corrected chi connectivity index (χ1v) is 14.0. The number of halogens is 1. The largest absolute Gasteiger partial charge is 0.325 e. The summed E-state index contributed by atoms with van der Waals surface area (Å²) in [4.78, 5) is 50.3. The van der Waals surface area contributed by atoms with Crippen molar-refractivity contribution in [2.45, 2.75) is 11.8 Å². The Morgan fingerprint density at radius 1 is 0.881 bits per heavy atom. The van der Waals surface area contributed by atoms with E-state index >= 15 is 0 Å². The van der Waals surface area contributed by atoms with Crippen LogP contribution in [-0.4, -0.2) is 28.4 Å². The van der Waals surface area contributed by atoms with Crippen molar-refractivity contribution < 1.29 is 19.3 Å². The van der Waals surface area contributed by atoms with Gasteiger partial charge in [0.15, 0.2) is 0 Å². The van der Waals surface area contributed by atoms with Crippen molar-refractivity contribution in [3.63, 3.8) is 0 Å². The number of benzene rings is 4. The minimum absolute atomic E-state index is 0.152. The molecule has 0 spiro atoms. The van der Waals surface area contributed by atoms with Crippen LogP contribution in [0.4, 0.5) is 17.1 Å². The van der Waals surface area contributed by atoms with Crippen LogP contribution >= 0.6 is 23.4 Å². The van der Waals surface area contributed by atoms with Gasteiger partial charge in [0.1, 0.15) is 5.70 Å². The highest BCUT2D eigenvalue weighted by Crippen LogP contribution is 2.25. The van der Waals surface area contributed by atoms with Gasteiger partial charge in [-0.1, -0.05) is 48.0 Å². The summed E-state index contributed by atoms with van der Waals surface area (Å²) in [6, 6.07) is 26.3. The molecular weight excluding hydrogens is 576 g/mol. The highest BCUT2D eigenvalue weighted by molar-refractivity contribution is 8.00. The van der Waals surface area contributed by atoms with E-state index in [2.05, 4.69) is 16.0 Å². The monoisotopic (exact) mass is 600 g/mol. The molecule has 0 radical (unpaired) electrons. The maximum absolute atomic E-state index is 13.3. The Balaban J connectivity index is 1.45. The molecule has 3 amide bonds. The van der Waals surface area contributed by atoms with E-state index in [1.165, 1.54) is 36.0 Å². The van der Waals surface area contributed by atoms with Crippen LogP contribution in [0, 0.1) is 17.0 Å². The number of thioether (sulfide) groups is 1. The van der Waals surface area contributed by atoms with Gasteiger partial charge in [0.25, 0.3) is 17.5 Å². The second kappa shape index (κ2) is 14.1. The average molecular weight is 601 g/mol. The van der Waals surface area contributed by atoms with Crippen LogP contribution in [0.25, 0.3) is 6.08 Å². The zero-order chi connectivity index (χ0) is 30.1. The molecular formula is C31H25ClN4O5S. The molecule has 3 N–H and O–H groups in total. The number of hydrogen-bond acceptors (Lipinski definition) is 6. The molecule has 0 aliphatic rings. The van der Waals surface area contributed by atoms with Crippen LogP contribution in [0.15, 0.2) is 108 Å². The van der Waals surface area contributed by atoms with Gasteiger partial charge in [-0.15, -0.1) is 11.8 Å². The normalized spacial score (nSPS) is 11.0. The van der Waals surface area contributed by atoms with Gasteiger partial charge in [0.2, 0.25) is 5.91 Å². The van der Waals surface area contributed by atoms with Crippen molar-refractivity contribution in [1.29, 1.82) is 0 Å². The van der Waals surface area contributed by atoms with Gasteiger partial charge in [-0.2, -0.15) is 0 Å². The third-order valence-corrected chi connectivity index (χ3v) is 7.41. The third-order valence-electron chi connectivity index (χ3n) is 5.99. The summed E-state index contributed by atoms with van der Waals surface area (Å²) in [6.07, 6.45) is 1.26. The maximum atomic E-state index is 13.3. The predicted octanol–water partition coefficient (Wildman–Crippen LogP) is 6.70. The van der Waals surface area contributed by atoms with E-state index in [4.69, 9.17) is 11.6 Å². The zero-order valence-corrected chi connectivity index (χ0v) is 23.9. The second-order valence-corrected chi connectivity index (χ2v) is 10.4. The number of anilines is 2. The fourth-order valence-corrected chi connectivity index (χ4v) is 4.66. The molecule has 42 heavy (non-hydrogen) atoms. The molecule has 0 unspecified atom stereocenters. The van der Waals surface area contributed by atoms with Gasteiger partial charge >= 0.3 is 0 Å². The Bertz CT molecular complexity index is 1660. The summed E-state index contributed by atoms with van der Waals surface area (Å²) >= 11 is 7.43. The number of amides is 3. The minimum atomic E-state index is -0.672. The fourth-order valence-electron chi connectivity index (χ4n) is 3.78. The van der Waals surface area contributed by atoms with Crippen LogP contribution in [0.1, 0.15) is 21.5 Å². The summed E-state index contributed by atoms with van der Waals surface area (Å²) in [5.41, 5.74) is 1.93. The number of nitro groups is 1. The Morgan fingerprint density at radius 3 is 2.29 bits per heavy atom. The molecule has 0 fully saturated rings. The first-order chi connectivity index (χ1) is 20.2. The molecule has 11 heteroatoms. The molecule has 0 saturated carbocycles. The van der Waals surface area contributed by atoms with E-state index in [9.17, 15) is 24.5 Å². The molecule has 212 valence electrons. The van der Waals surface area contributed by atoms with Crippen molar-refractivity contribution in [2.75, 3.05) is 16.4 Å². The van der Waals surface area contributed by atoms with Gasteiger partial charge in [-0.25, -0.2) is 0 Å². The number of nitro benzene ring substituents is 1. The SMILES string of the molecule is Cc1c(Cl)cccc1NC(=O)CSc1ccc(NC(=O)/C(=C/c2ccccc2[N+](=O)[O-])NC(=O)c2ccccc2)cc1. The number of hydrogen-bond donors (Lipinski definition) is 3. The highest BCUT2D eigenvalue weighted by Gasteiger charge is 2.18. The van der Waals surface area contributed by atoms with Crippen LogP contribution in [-0.2, 0) is 9.59 Å². The average Bonchev–Trinajstić information content (AvgIpc) is 2.99. The van der Waals surface area contributed by atoms with E-state index in [-0.39, 0.29) is 28.6 Å². The molecule has 0 saturated heterocycles. The summed E-state index contributed by atoms with van der Waals surface area (Å²) in [5, 5.41) is 20.2. The Morgan fingerprint density at radius 2 is 1.57 bits per heavy atom. The lowest BCUT2D eigenvalue weighted by atomic mass is 10.1. The highest BCUT2D eigenvalue weighted by atomic mass is 35.5.